The molecule has 1 aliphatic heterocycles. The number of ether oxygens (including phenoxy) is 2. The van der Waals surface area contributed by atoms with Gasteiger partial charge in [-0.1, -0.05) is 0 Å². The molecule has 0 spiro atoms. The molecule has 11 heteroatoms. The Morgan fingerprint density at radius 2 is 1.96 bits per heavy atom. The number of carbonyl (C=O) groups excluding carboxylic acids is 2. The zero-order valence-corrected chi connectivity index (χ0v) is 14.1. The first kappa shape index (κ1) is 17.5. The quantitative estimate of drug-likeness (QED) is 0.548. The van der Waals surface area contributed by atoms with E-state index in [1.807, 2.05) is 0 Å². The summed E-state index contributed by atoms with van der Waals surface area (Å²) in [6.07, 6.45) is 0. The average Bonchev–Trinajstić information content (AvgIpc) is 3.26. The highest BCUT2D eigenvalue weighted by Crippen LogP contribution is 2.35. The normalized spacial score (nSPS) is 11.7. The number of carbonyl (C=O) groups is 3. The van der Waals surface area contributed by atoms with Gasteiger partial charge in [0.05, 0.1) is 6.54 Å². The van der Waals surface area contributed by atoms with E-state index in [0.29, 0.717) is 16.6 Å². The van der Waals surface area contributed by atoms with Gasteiger partial charge in [-0.2, -0.15) is 0 Å². The van der Waals surface area contributed by atoms with Crippen molar-refractivity contribution in [2.75, 3.05) is 25.2 Å². The first-order chi connectivity index (χ1) is 12.5. The Labute approximate surface area is 151 Å². The van der Waals surface area contributed by atoms with Gasteiger partial charge in [0.25, 0.3) is 5.91 Å². The van der Waals surface area contributed by atoms with Gasteiger partial charge in [-0.25, -0.2) is 4.98 Å². The number of thiazole rings is 1. The topological polar surface area (TPSA) is 139 Å². The number of carboxylic acids is 1. The van der Waals surface area contributed by atoms with Crippen LogP contribution in [0.2, 0.25) is 0 Å². The van der Waals surface area contributed by atoms with Crippen LogP contribution < -0.4 is 25.4 Å². The Kier molecular flexibility index (Phi) is 5.17. The SMILES string of the molecule is O=C(O)CNC(=O)CNC(=O)c1csc(Nc2ccc3c(c2)OCO3)n1. The molecule has 1 aromatic heterocycles. The van der Waals surface area contributed by atoms with Crippen LogP contribution in [0.4, 0.5) is 10.8 Å². The van der Waals surface area contributed by atoms with Crippen molar-refractivity contribution >= 4 is 39.9 Å². The van der Waals surface area contributed by atoms with E-state index in [1.54, 1.807) is 23.6 Å². The molecular formula is C15H14N4O6S. The molecule has 0 aliphatic carbocycles. The highest BCUT2D eigenvalue weighted by molar-refractivity contribution is 7.14. The van der Waals surface area contributed by atoms with Crippen molar-refractivity contribution in [1.82, 2.24) is 15.6 Å². The molecule has 136 valence electrons. The molecule has 2 heterocycles. The number of hydrogen-bond acceptors (Lipinski definition) is 8. The van der Waals surface area contributed by atoms with Crippen molar-refractivity contribution in [2.45, 2.75) is 0 Å². The molecule has 0 atom stereocenters. The number of rotatable bonds is 7. The summed E-state index contributed by atoms with van der Waals surface area (Å²) in [4.78, 5) is 37.9. The molecular weight excluding hydrogens is 364 g/mol. The average molecular weight is 378 g/mol. The number of fused-ring (bicyclic) bond motifs is 1. The van der Waals surface area contributed by atoms with Crippen molar-refractivity contribution < 1.29 is 29.0 Å². The fourth-order valence-electron chi connectivity index (χ4n) is 2.02. The van der Waals surface area contributed by atoms with Crippen LogP contribution in [0.15, 0.2) is 23.6 Å². The van der Waals surface area contributed by atoms with E-state index < -0.39 is 24.3 Å². The number of anilines is 2. The molecule has 2 aromatic rings. The number of benzene rings is 1. The monoisotopic (exact) mass is 378 g/mol. The van der Waals surface area contributed by atoms with E-state index in [9.17, 15) is 14.4 Å². The molecule has 3 rings (SSSR count). The van der Waals surface area contributed by atoms with Crippen LogP contribution in [-0.2, 0) is 9.59 Å². The van der Waals surface area contributed by atoms with Gasteiger partial charge in [0.2, 0.25) is 12.7 Å². The second-order valence-electron chi connectivity index (χ2n) is 5.08. The summed E-state index contributed by atoms with van der Waals surface area (Å²) in [6.45, 7) is -0.663. The molecule has 4 N–H and O–H groups in total. The fraction of sp³-hybridized carbons (Fsp3) is 0.200. The summed E-state index contributed by atoms with van der Waals surface area (Å²) in [7, 11) is 0. The van der Waals surface area contributed by atoms with E-state index in [0.717, 1.165) is 5.69 Å². The Morgan fingerprint density at radius 3 is 2.77 bits per heavy atom. The van der Waals surface area contributed by atoms with Gasteiger partial charge < -0.3 is 30.5 Å². The summed E-state index contributed by atoms with van der Waals surface area (Å²) in [5.74, 6) is -1.02. The van der Waals surface area contributed by atoms with Gasteiger partial charge in [-0.15, -0.1) is 11.3 Å². The van der Waals surface area contributed by atoms with Gasteiger partial charge in [0.15, 0.2) is 16.6 Å². The summed E-state index contributed by atoms with van der Waals surface area (Å²) in [5, 5.41) is 18.1. The number of aromatic nitrogens is 1. The summed E-state index contributed by atoms with van der Waals surface area (Å²) in [5.41, 5.74) is 0.868. The molecule has 0 saturated carbocycles. The van der Waals surface area contributed by atoms with Crippen LogP contribution in [0, 0.1) is 0 Å². The first-order valence-corrected chi connectivity index (χ1v) is 8.28. The number of carboxylic acid groups (broad SMARTS) is 1. The molecule has 2 amide bonds. The minimum absolute atomic E-state index is 0.143. The third-order valence-corrected chi connectivity index (χ3v) is 3.96. The highest BCUT2D eigenvalue weighted by atomic mass is 32.1. The largest absolute Gasteiger partial charge is 0.480 e. The molecule has 1 aliphatic rings. The number of hydrogen-bond donors (Lipinski definition) is 4. The molecule has 1 aromatic carbocycles. The predicted octanol–water partition coefficient (Wildman–Crippen LogP) is 0.546. The van der Waals surface area contributed by atoms with E-state index in [-0.39, 0.29) is 19.0 Å². The molecule has 10 nitrogen and oxygen atoms in total. The number of aliphatic carboxylic acids is 1. The molecule has 0 radical (unpaired) electrons. The van der Waals surface area contributed by atoms with E-state index >= 15 is 0 Å². The third kappa shape index (κ3) is 4.39. The fourth-order valence-corrected chi connectivity index (χ4v) is 2.73. The van der Waals surface area contributed by atoms with E-state index in [2.05, 4.69) is 20.9 Å². The van der Waals surface area contributed by atoms with Crippen molar-refractivity contribution in [3.63, 3.8) is 0 Å². The highest BCUT2D eigenvalue weighted by Gasteiger charge is 2.15. The third-order valence-electron chi connectivity index (χ3n) is 3.21. The Balaban J connectivity index is 1.53. The van der Waals surface area contributed by atoms with E-state index in [1.165, 1.54) is 11.3 Å². The minimum Gasteiger partial charge on any atom is -0.480 e. The van der Waals surface area contributed by atoms with Crippen LogP contribution >= 0.6 is 11.3 Å². The van der Waals surface area contributed by atoms with Crippen LogP contribution in [0.3, 0.4) is 0 Å². The predicted molar refractivity (Wildman–Crippen MR) is 90.9 cm³/mol. The van der Waals surface area contributed by atoms with Crippen molar-refractivity contribution in [2.24, 2.45) is 0 Å². The molecule has 0 fully saturated rings. The minimum atomic E-state index is -1.16. The maximum Gasteiger partial charge on any atom is 0.322 e. The molecule has 26 heavy (non-hydrogen) atoms. The van der Waals surface area contributed by atoms with Gasteiger partial charge in [0, 0.05) is 17.1 Å². The van der Waals surface area contributed by atoms with E-state index in [4.69, 9.17) is 14.6 Å². The first-order valence-electron chi connectivity index (χ1n) is 7.40. The lowest BCUT2D eigenvalue weighted by molar-refractivity contribution is -0.137. The zero-order chi connectivity index (χ0) is 18.5. The smallest absolute Gasteiger partial charge is 0.322 e. The Bertz CT molecular complexity index is 852. The van der Waals surface area contributed by atoms with Crippen molar-refractivity contribution in [3.8, 4) is 11.5 Å². The maximum absolute atomic E-state index is 12.0. The zero-order valence-electron chi connectivity index (χ0n) is 13.3. The van der Waals surface area contributed by atoms with Crippen molar-refractivity contribution in [3.05, 3.63) is 29.3 Å². The van der Waals surface area contributed by atoms with Crippen LogP contribution in [0.5, 0.6) is 11.5 Å². The van der Waals surface area contributed by atoms with Gasteiger partial charge in [0.1, 0.15) is 12.2 Å². The summed E-state index contributed by atoms with van der Waals surface area (Å²) < 4.78 is 10.5. The van der Waals surface area contributed by atoms with Crippen LogP contribution in [0.1, 0.15) is 10.5 Å². The molecule has 0 saturated heterocycles. The lowest BCUT2D eigenvalue weighted by Gasteiger charge is -2.04. The second kappa shape index (κ2) is 7.70. The standard InChI is InChI=1S/C15H14N4O6S/c20-12(16-5-13(21)22)4-17-14(23)9-6-26-15(19-9)18-8-1-2-10-11(3-8)25-7-24-10/h1-3,6H,4-5,7H2,(H,16,20)(H,17,23)(H,18,19)(H,21,22). The maximum atomic E-state index is 12.0. The number of nitrogens with zero attached hydrogens (tertiary/aromatic N) is 1. The molecule has 0 bridgehead atoms. The van der Waals surface area contributed by atoms with Crippen LogP contribution in [0.25, 0.3) is 0 Å². The van der Waals surface area contributed by atoms with Crippen LogP contribution in [-0.4, -0.2) is 47.8 Å². The molecule has 0 unspecified atom stereocenters. The second-order valence-corrected chi connectivity index (χ2v) is 5.94. The Hall–Kier alpha value is -3.34. The summed E-state index contributed by atoms with van der Waals surface area (Å²) in [6, 6.07) is 5.32. The van der Waals surface area contributed by atoms with Gasteiger partial charge in [-0.05, 0) is 12.1 Å². The van der Waals surface area contributed by atoms with Gasteiger partial charge in [-0.3, -0.25) is 14.4 Å². The number of amides is 2. The number of nitrogens with one attached hydrogen (secondary N) is 3. The lowest BCUT2D eigenvalue weighted by atomic mass is 10.3. The summed E-state index contributed by atoms with van der Waals surface area (Å²) >= 11 is 1.22. The van der Waals surface area contributed by atoms with Gasteiger partial charge >= 0.3 is 5.97 Å². The lowest BCUT2D eigenvalue weighted by Crippen LogP contribution is -2.39. The van der Waals surface area contributed by atoms with Crippen molar-refractivity contribution in [1.29, 1.82) is 0 Å². The Morgan fingerprint density at radius 1 is 1.15 bits per heavy atom.